The number of halogens is 1. The maximum atomic E-state index is 14.0. The minimum atomic E-state index is -0.192. The highest BCUT2D eigenvalue weighted by Crippen LogP contribution is 2.26. The van der Waals surface area contributed by atoms with E-state index in [1.807, 2.05) is 13.0 Å². The second-order valence-electron chi connectivity index (χ2n) is 4.23. The molecule has 1 unspecified atom stereocenters. The Bertz CT molecular complexity index is 499. The van der Waals surface area contributed by atoms with Crippen LogP contribution in [0.3, 0.4) is 0 Å². The molecule has 0 aliphatic carbocycles. The summed E-state index contributed by atoms with van der Waals surface area (Å²) in [5, 5.41) is 7.18. The van der Waals surface area contributed by atoms with Crippen LogP contribution in [0.2, 0.25) is 0 Å². The Balaban J connectivity index is 2.36. The van der Waals surface area contributed by atoms with Crippen LogP contribution in [0, 0.1) is 12.7 Å². The van der Waals surface area contributed by atoms with Gasteiger partial charge in [-0.2, -0.15) is 0 Å². The van der Waals surface area contributed by atoms with Gasteiger partial charge in [-0.3, -0.25) is 0 Å². The first-order valence-electron chi connectivity index (χ1n) is 5.99. The molecule has 1 N–H and O–H groups in total. The van der Waals surface area contributed by atoms with Crippen LogP contribution in [-0.2, 0) is 0 Å². The van der Waals surface area contributed by atoms with Gasteiger partial charge in [-0.05, 0) is 37.5 Å². The number of nitrogens with one attached hydrogen (secondary N) is 1. The quantitative estimate of drug-likeness (QED) is 0.902. The van der Waals surface area contributed by atoms with Crippen molar-refractivity contribution < 1.29 is 4.39 Å². The van der Waals surface area contributed by atoms with Crippen molar-refractivity contribution >= 4 is 11.5 Å². The molecule has 1 atom stereocenters. The molecule has 0 amide bonds. The minimum absolute atomic E-state index is 0.162. The minimum Gasteiger partial charge on any atom is -0.305 e. The molecule has 0 saturated carbocycles. The summed E-state index contributed by atoms with van der Waals surface area (Å²) >= 11 is 1.30. The van der Waals surface area contributed by atoms with E-state index in [0.717, 1.165) is 23.4 Å². The van der Waals surface area contributed by atoms with Gasteiger partial charge in [0.2, 0.25) is 0 Å². The summed E-state index contributed by atoms with van der Waals surface area (Å²) in [4.78, 5) is 0.938. The first-order valence-corrected chi connectivity index (χ1v) is 6.76. The predicted molar refractivity (Wildman–Crippen MR) is 71.2 cm³/mol. The normalized spacial score (nSPS) is 12.6. The highest BCUT2D eigenvalue weighted by Gasteiger charge is 2.19. The van der Waals surface area contributed by atoms with E-state index in [1.165, 1.54) is 17.6 Å². The summed E-state index contributed by atoms with van der Waals surface area (Å²) in [6, 6.07) is 5.01. The number of benzene rings is 1. The lowest BCUT2D eigenvalue weighted by Gasteiger charge is -2.18. The molecule has 0 radical (unpaired) electrons. The van der Waals surface area contributed by atoms with Crippen LogP contribution in [0.4, 0.5) is 4.39 Å². The van der Waals surface area contributed by atoms with Crippen molar-refractivity contribution in [2.75, 3.05) is 6.54 Å². The Morgan fingerprint density at radius 3 is 2.94 bits per heavy atom. The molecule has 2 aromatic rings. The SMILES string of the molecule is CCCNC(c1cnns1)c1cc(C)ccc1F. The molecule has 1 aromatic heterocycles. The number of nitrogens with zero attached hydrogens (tertiary/aromatic N) is 2. The highest BCUT2D eigenvalue weighted by atomic mass is 32.1. The fourth-order valence-corrected chi connectivity index (χ4v) is 2.44. The maximum Gasteiger partial charge on any atom is 0.128 e. The van der Waals surface area contributed by atoms with Crippen molar-refractivity contribution in [1.29, 1.82) is 0 Å². The Hall–Kier alpha value is -1.33. The van der Waals surface area contributed by atoms with E-state index in [9.17, 15) is 4.39 Å². The number of rotatable bonds is 5. The van der Waals surface area contributed by atoms with Gasteiger partial charge >= 0.3 is 0 Å². The number of hydrogen-bond acceptors (Lipinski definition) is 4. The van der Waals surface area contributed by atoms with Gasteiger partial charge < -0.3 is 5.32 Å². The lowest BCUT2D eigenvalue weighted by atomic mass is 10.0. The van der Waals surface area contributed by atoms with Crippen LogP contribution in [0.5, 0.6) is 0 Å². The van der Waals surface area contributed by atoms with Gasteiger partial charge in [-0.1, -0.05) is 29.1 Å². The van der Waals surface area contributed by atoms with Gasteiger partial charge in [0.15, 0.2) is 0 Å². The average molecular weight is 265 g/mol. The van der Waals surface area contributed by atoms with E-state index in [1.54, 1.807) is 12.3 Å². The van der Waals surface area contributed by atoms with E-state index in [2.05, 4.69) is 21.8 Å². The average Bonchev–Trinajstić information content (AvgIpc) is 2.88. The van der Waals surface area contributed by atoms with Gasteiger partial charge in [0.1, 0.15) is 5.82 Å². The Labute approximate surface area is 110 Å². The molecule has 0 saturated heterocycles. The molecule has 96 valence electrons. The van der Waals surface area contributed by atoms with Crippen LogP contribution in [0.15, 0.2) is 24.4 Å². The molecule has 3 nitrogen and oxygen atoms in total. The van der Waals surface area contributed by atoms with Crippen molar-refractivity contribution in [2.24, 2.45) is 0 Å². The molecule has 0 bridgehead atoms. The van der Waals surface area contributed by atoms with Crippen molar-refractivity contribution in [3.05, 3.63) is 46.2 Å². The van der Waals surface area contributed by atoms with E-state index >= 15 is 0 Å². The molecule has 18 heavy (non-hydrogen) atoms. The molecule has 5 heteroatoms. The third-order valence-electron chi connectivity index (χ3n) is 2.72. The van der Waals surface area contributed by atoms with Crippen molar-refractivity contribution in [3.8, 4) is 0 Å². The fourth-order valence-electron chi connectivity index (χ4n) is 1.84. The largest absolute Gasteiger partial charge is 0.305 e. The molecule has 1 aromatic carbocycles. The third-order valence-corrected chi connectivity index (χ3v) is 3.45. The summed E-state index contributed by atoms with van der Waals surface area (Å²) in [5.41, 5.74) is 1.71. The number of aromatic nitrogens is 2. The smallest absolute Gasteiger partial charge is 0.128 e. The maximum absolute atomic E-state index is 14.0. The van der Waals surface area contributed by atoms with Crippen LogP contribution in [-0.4, -0.2) is 16.1 Å². The third kappa shape index (κ3) is 2.91. The van der Waals surface area contributed by atoms with E-state index in [0.29, 0.717) is 5.56 Å². The zero-order chi connectivity index (χ0) is 13.0. The Morgan fingerprint density at radius 2 is 2.28 bits per heavy atom. The fraction of sp³-hybridized carbons (Fsp3) is 0.385. The Kier molecular flexibility index (Phi) is 4.38. The monoisotopic (exact) mass is 265 g/mol. The molecule has 2 rings (SSSR count). The van der Waals surface area contributed by atoms with E-state index < -0.39 is 0 Å². The number of aryl methyl sites for hydroxylation is 1. The molecular formula is C13H16FN3S. The second-order valence-corrected chi connectivity index (χ2v) is 5.05. The van der Waals surface area contributed by atoms with Crippen molar-refractivity contribution in [2.45, 2.75) is 26.3 Å². The van der Waals surface area contributed by atoms with Crippen LogP contribution < -0.4 is 5.32 Å². The molecular weight excluding hydrogens is 249 g/mol. The van der Waals surface area contributed by atoms with Gasteiger partial charge in [-0.15, -0.1) is 5.10 Å². The first kappa shape index (κ1) is 13.1. The Morgan fingerprint density at radius 1 is 1.44 bits per heavy atom. The predicted octanol–water partition coefficient (Wildman–Crippen LogP) is 3.07. The standard InChI is InChI=1S/C13H16FN3S/c1-3-6-15-13(12-8-16-17-18-12)10-7-9(2)4-5-11(10)14/h4-5,7-8,13,15H,3,6H2,1-2H3. The van der Waals surface area contributed by atoms with Gasteiger partial charge in [0.25, 0.3) is 0 Å². The first-order chi connectivity index (χ1) is 8.72. The van der Waals surface area contributed by atoms with Crippen LogP contribution in [0.25, 0.3) is 0 Å². The summed E-state index contributed by atoms with van der Waals surface area (Å²) in [5.74, 6) is -0.192. The van der Waals surface area contributed by atoms with Crippen LogP contribution >= 0.6 is 11.5 Å². The van der Waals surface area contributed by atoms with Crippen LogP contribution in [0.1, 0.15) is 35.4 Å². The summed E-state index contributed by atoms with van der Waals surface area (Å²) in [6.07, 6.45) is 2.69. The summed E-state index contributed by atoms with van der Waals surface area (Å²) < 4.78 is 17.8. The zero-order valence-electron chi connectivity index (χ0n) is 10.5. The lowest BCUT2D eigenvalue weighted by molar-refractivity contribution is 0.550. The van der Waals surface area contributed by atoms with Gasteiger partial charge in [-0.25, -0.2) is 4.39 Å². The molecule has 0 aliphatic rings. The topological polar surface area (TPSA) is 37.8 Å². The molecule has 0 aliphatic heterocycles. The molecule has 0 fully saturated rings. The summed E-state index contributed by atoms with van der Waals surface area (Å²) in [7, 11) is 0. The van der Waals surface area contributed by atoms with E-state index in [-0.39, 0.29) is 11.9 Å². The molecule has 1 heterocycles. The molecule has 0 spiro atoms. The summed E-state index contributed by atoms with van der Waals surface area (Å²) in [6.45, 7) is 4.88. The van der Waals surface area contributed by atoms with Crippen molar-refractivity contribution in [1.82, 2.24) is 14.9 Å². The lowest BCUT2D eigenvalue weighted by Crippen LogP contribution is -2.23. The van der Waals surface area contributed by atoms with Crippen molar-refractivity contribution in [3.63, 3.8) is 0 Å². The highest BCUT2D eigenvalue weighted by molar-refractivity contribution is 7.05. The second kappa shape index (κ2) is 6.02. The zero-order valence-corrected chi connectivity index (χ0v) is 11.3. The van der Waals surface area contributed by atoms with Gasteiger partial charge in [0, 0.05) is 5.56 Å². The van der Waals surface area contributed by atoms with Gasteiger partial charge in [0.05, 0.1) is 17.1 Å². The number of hydrogen-bond donors (Lipinski definition) is 1. The van der Waals surface area contributed by atoms with E-state index in [4.69, 9.17) is 0 Å².